The number of nitrogens with one attached hydrogen (secondary N) is 1. The van der Waals surface area contributed by atoms with Crippen molar-refractivity contribution in [2.24, 2.45) is 0 Å². The van der Waals surface area contributed by atoms with Gasteiger partial charge in [-0.3, -0.25) is 13.9 Å². The molecule has 1 N–H and O–H groups in total. The van der Waals surface area contributed by atoms with Crippen LogP contribution in [-0.4, -0.2) is 43.3 Å². The van der Waals surface area contributed by atoms with Crippen LogP contribution in [0.25, 0.3) is 0 Å². The molecule has 242 valence electrons. The molecule has 0 radical (unpaired) electrons. The van der Waals surface area contributed by atoms with Crippen molar-refractivity contribution in [2.75, 3.05) is 10.8 Å². The number of amides is 2. The van der Waals surface area contributed by atoms with Crippen LogP contribution in [0.5, 0.6) is 0 Å². The van der Waals surface area contributed by atoms with Gasteiger partial charge in [-0.15, -0.1) is 0 Å². The van der Waals surface area contributed by atoms with E-state index in [1.54, 1.807) is 61.5 Å². The maximum atomic E-state index is 14.6. The number of anilines is 1. The van der Waals surface area contributed by atoms with E-state index in [1.165, 1.54) is 17.0 Å². The largest absolute Gasteiger partial charge is 0.350 e. The summed E-state index contributed by atoms with van der Waals surface area (Å²) in [5.41, 5.74) is 1.68. The molecule has 11 heteroatoms. The van der Waals surface area contributed by atoms with E-state index in [0.717, 1.165) is 9.87 Å². The molecule has 1 atom stereocenters. The molecule has 0 aromatic heterocycles. The highest BCUT2D eigenvalue weighted by Crippen LogP contribution is 2.30. The van der Waals surface area contributed by atoms with Gasteiger partial charge in [0.25, 0.3) is 10.0 Å². The summed E-state index contributed by atoms with van der Waals surface area (Å²) in [4.78, 5) is 30.0. The molecular formula is C35H36Cl3N3O4S. The van der Waals surface area contributed by atoms with Crippen LogP contribution in [-0.2, 0) is 32.6 Å². The smallest absolute Gasteiger partial charge is 0.264 e. The van der Waals surface area contributed by atoms with Crippen molar-refractivity contribution in [3.63, 3.8) is 0 Å². The average Bonchev–Trinajstić information content (AvgIpc) is 2.99. The molecule has 0 aliphatic carbocycles. The summed E-state index contributed by atoms with van der Waals surface area (Å²) in [5, 5.41) is 4.06. The Balaban J connectivity index is 1.85. The van der Waals surface area contributed by atoms with E-state index in [-0.39, 0.29) is 34.5 Å². The molecule has 4 aromatic carbocycles. The van der Waals surface area contributed by atoms with Crippen LogP contribution in [0.1, 0.15) is 37.5 Å². The van der Waals surface area contributed by atoms with Gasteiger partial charge >= 0.3 is 0 Å². The zero-order valence-electron chi connectivity index (χ0n) is 26.0. The summed E-state index contributed by atoms with van der Waals surface area (Å²) in [5.74, 6) is -0.977. The monoisotopic (exact) mass is 699 g/mol. The van der Waals surface area contributed by atoms with Gasteiger partial charge < -0.3 is 10.2 Å². The Morgan fingerprint density at radius 1 is 0.804 bits per heavy atom. The number of nitrogens with zero attached hydrogens (tertiary/aromatic N) is 2. The topological polar surface area (TPSA) is 86.8 Å². The summed E-state index contributed by atoms with van der Waals surface area (Å²) < 4.78 is 29.4. The Morgan fingerprint density at radius 2 is 1.43 bits per heavy atom. The van der Waals surface area contributed by atoms with Gasteiger partial charge in [-0.25, -0.2) is 8.42 Å². The molecule has 0 spiro atoms. The molecule has 7 nitrogen and oxygen atoms in total. The normalized spacial score (nSPS) is 12.3. The number of carbonyl (C=O) groups excluding carboxylic acids is 2. The fourth-order valence-electron chi connectivity index (χ4n) is 4.97. The minimum Gasteiger partial charge on any atom is -0.350 e. The number of sulfonamides is 1. The van der Waals surface area contributed by atoms with Crippen LogP contribution in [0.3, 0.4) is 0 Å². The van der Waals surface area contributed by atoms with E-state index >= 15 is 0 Å². The summed E-state index contributed by atoms with van der Waals surface area (Å²) in [6.07, 6.45) is 0.182. The number of aryl methyl sites for hydroxylation is 1. The number of benzene rings is 4. The van der Waals surface area contributed by atoms with Crippen molar-refractivity contribution in [1.29, 1.82) is 0 Å². The predicted octanol–water partition coefficient (Wildman–Crippen LogP) is 7.71. The van der Waals surface area contributed by atoms with Crippen LogP contribution in [0, 0.1) is 6.92 Å². The molecule has 4 aromatic rings. The lowest BCUT2D eigenvalue weighted by atomic mass is 10.0. The molecule has 0 unspecified atom stereocenters. The Morgan fingerprint density at radius 3 is 2.02 bits per heavy atom. The molecule has 0 aliphatic heterocycles. The fourth-order valence-corrected chi connectivity index (χ4v) is 7.02. The second-order valence-corrected chi connectivity index (χ2v) is 15.1. The van der Waals surface area contributed by atoms with Crippen molar-refractivity contribution in [1.82, 2.24) is 10.2 Å². The third-order valence-corrected chi connectivity index (χ3v) is 9.89. The van der Waals surface area contributed by atoms with Gasteiger partial charge in [0.2, 0.25) is 11.8 Å². The van der Waals surface area contributed by atoms with Gasteiger partial charge in [-0.2, -0.15) is 0 Å². The van der Waals surface area contributed by atoms with Gasteiger partial charge in [0.05, 0.1) is 20.6 Å². The molecule has 0 heterocycles. The SMILES string of the molecule is Cc1cc(Cl)ccc1N(CC(=O)N(Cc1ccc(Cl)c(Cl)c1)[C@@H](Cc1ccccc1)C(=O)NC(C)(C)C)S(=O)(=O)c1ccccc1. The first-order valence-electron chi connectivity index (χ1n) is 14.6. The van der Waals surface area contributed by atoms with Crippen LogP contribution >= 0.6 is 34.8 Å². The molecule has 0 saturated carbocycles. The number of hydrogen-bond donors (Lipinski definition) is 1. The minimum atomic E-state index is -4.23. The second-order valence-electron chi connectivity index (χ2n) is 12.0. The highest BCUT2D eigenvalue weighted by molar-refractivity contribution is 7.92. The lowest BCUT2D eigenvalue weighted by Crippen LogP contribution is -2.56. The lowest BCUT2D eigenvalue weighted by molar-refractivity contribution is -0.140. The third kappa shape index (κ3) is 9.04. The Bertz CT molecular complexity index is 1800. The maximum absolute atomic E-state index is 14.6. The molecule has 0 bridgehead atoms. The number of rotatable bonds is 11. The fraction of sp³-hybridized carbons (Fsp3) is 0.257. The molecule has 46 heavy (non-hydrogen) atoms. The summed E-state index contributed by atoms with van der Waals surface area (Å²) in [6.45, 7) is 6.66. The molecule has 0 fully saturated rings. The zero-order valence-corrected chi connectivity index (χ0v) is 29.1. The number of hydrogen-bond acceptors (Lipinski definition) is 4. The van der Waals surface area contributed by atoms with Gasteiger partial charge in [0.1, 0.15) is 12.6 Å². The van der Waals surface area contributed by atoms with Gasteiger partial charge in [-0.05, 0) is 86.8 Å². The van der Waals surface area contributed by atoms with Crippen LogP contribution in [0.15, 0.2) is 102 Å². The Kier molecular flexibility index (Phi) is 11.4. The standard InChI is InChI=1S/C35H36Cl3N3O4S/c1-24-19-27(36)16-18-31(24)41(46(44,45)28-13-9-6-10-14-28)23-33(42)40(22-26-15-17-29(37)30(38)20-26)32(34(43)39-35(2,3)4)21-25-11-7-5-8-12-25/h5-20,32H,21-23H2,1-4H3,(H,39,43)/t32-/m0/s1. The van der Waals surface area contributed by atoms with Gasteiger partial charge in [0, 0.05) is 23.5 Å². The first-order valence-corrected chi connectivity index (χ1v) is 17.2. The van der Waals surface area contributed by atoms with Crippen LogP contribution < -0.4 is 9.62 Å². The first kappa shape index (κ1) is 35.3. The van der Waals surface area contributed by atoms with E-state index in [4.69, 9.17) is 34.8 Å². The van der Waals surface area contributed by atoms with Crippen molar-refractivity contribution in [3.8, 4) is 0 Å². The average molecular weight is 701 g/mol. The van der Waals surface area contributed by atoms with E-state index in [9.17, 15) is 18.0 Å². The summed E-state index contributed by atoms with van der Waals surface area (Å²) in [6, 6.07) is 26.0. The zero-order chi connectivity index (χ0) is 33.6. The molecule has 0 aliphatic rings. The molecule has 4 rings (SSSR count). The van der Waals surface area contributed by atoms with E-state index < -0.39 is 34.1 Å². The van der Waals surface area contributed by atoms with Gasteiger partial charge in [0.15, 0.2) is 0 Å². The van der Waals surface area contributed by atoms with Gasteiger partial charge in [-0.1, -0.05) is 89.4 Å². The van der Waals surface area contributed by atoms with Crippen molar-refractivity contribution in [2.45, 2.75) is 57.1 Å². The maximum Gasteiger partial charge on any atom is 0.264 e. The Labute approximate surface area is 286 Å². The van der Waals surface area contributed by atoms with Crippen LogP contribution in [0.4, 0.5) is 5.69 Å². The minimum absolute atomic E-state index is 0.0134. The van der Waals surface area contributed by atoms with Crippen molar-refractivity contribution >= 4 is 62.3 Å². The second kappa shape index (κ2) is 14.9. The van der Waals surface area contributed by atoms with Crippen molar-refractivity contribution < 1.29 is 18.0 Å². The quantitative estimate of drug-likeness (QED) is 0.174. The Hall–Kier alpha value is -3.56. The predicted molar refractivity (Wildman–Crippen MR) is 186 cm³/mol. The van der Waals surface area contributed by atoms with Crippen molar-refractivity contribution in [3.05, 3.63) is 129 Å². The summed E-state index contributed by atoms with van der Waals surface area (Å²) >= 11 is 18.8. The number of carbonyl (C=O) groups is 2. The highest BCUT2D eigenvalue weighted by atomic mass is 35.5. The van der Waals surface area contributed by atoms with E-state index in [1.807, 2.05) is 51.1 Å². The molecule has 2 amide bonds. The summed E-state index contributed by atoms with van der Waals surface area (Å²) in [7, 11) is -4.23. The van der Waals surface area contributed by atoms with E-state index in [0.29, 0.717) is 21.2 Å². The molecular weight excluding hydrogens is 665 g/mol. The highest BCUT2D eigenvalue weighted by Gasteiger charge is 2.36. The van der Waals surface area contributed by atoms with E-state index in [2.05, 4.69) is 5.32 Å². The lowest BCUT2D eigenvalue weighted by Gasteiger charge is -2.35. The molecule has 0 saturated heterocycles. The first-order chi connectivity index (χ1) is 21.7. The van der Waals surface area contributed by atoms with Crippen LogP contribution in [0.2, 0.25) is 15.1 Å². The number of halogens is 3. The third-order valence-electron chi connectivity index (χ3n) is 7.14.